The normalized spacial score (nSPS) is 14.0. The predicted molar refractivity (Wildman–Crippen MR) is 70.0 cm³/mol. The van der Waals surface area contributed by atoms with Gasteiger partial charge in [-0.3, -0.25) is 0 Å². The predicted octanol–water partition coefficient (Wildman–Crippen LogP) is 3.25. The van der Waals surface area contributed by atoms with E-state index in [0.29, 0.717) is 15.9 Å². The fraction of sp³-hybridized carbons (Fsp3) is 0.250. The average Bonchev–Trinajstić information content (AvgIpc) is 2.81. The molecule has 0 fully saturated rings. The summed E-state index contributed by atoms with van der Waals surface area (Å²) in [7, 11) is 0. The zero-order valence-electron chi connectivity index (χ0n) is 9.08. The van der Waals surface area contributed by atoms with E-state index < -0.39 is 0 Å². The third kappa shape index (κ3) is 1.79. The van der Waals surface area contributed by atoms with Crippen LogP contribution in [0, 0.1) is 0 Å². The monoisotopic (exact) mass is 267 g/mol. The Labute approximate surface area is 109 Å². The Morgan fingerprint density at radius 2 is 1.82 bits per heavy atom. The number of anilines is 1. The minimum Gasteiger partial charge on any atom is -0.382 e. The van der Waals surface area contributed by atoms with Gasteiger partial charge in [0.2, 0.25) is 0 Å². The van der Waals surface area contributed by atoms with Crippen LogP contribution in [0.1, 0.15) is 17.7 Å². The first kappa shape index (κ1) is 10.9. The van der Waals surface area contributed by atoms with Gasteiger partial charge in [0, 0.05) is 21.3 Å². The molecule has 0 amide bonds. The van der Waals surface area contributed by atoms with Gasteiger partial charge >= 0.3 is 0 Å². The van der Waals surface area contributed by atoms with Crippen LogP contribution in [0.15, 0.2) is 18.2 Å². The molecular weight excluding hydrogens is 257 g/mol. The van der Waals surface area contributed by atoms with E-state index in [1.54, 1.807) is 6.07 Å². The Kier molecular flexibility index (Phi) is 2.53. The van der Waals surface area contributed by atoms with Crippen molar-refractivity contribution in [2.45, 2.75) is 19.3 Å². The Morgan fingerprint density at radius 1 is 1.12 bits per heavy atom. The van der Waals surface area contributed by atoms with Crippen molar-refractivity contribution in [1.82, 2.24) is 9.78 Å². The third-order valence-electron chi connectivity index (χ3n) is 3.05. The maximum Gasteiger partial charge on any atom is 0.149 e. The van der Waals surface area contributed by atoms with Crippen molar-refractivity contribution < 1.29 is 0 Å². The molecule has 0 radical (unpaired) electrons. The van der Waals surface area contributed by atoms with Gasteiger partial charge in [0.15, 0.2) is 0 Å². The summed E-state index contributed by atoms with van der Waals surface area (Å²) in [6.07, 6.45) is 3.14. The van der Waals surface area contributed by atoms with Crippen molar-refractivity contribution in [3.8, 4) is 5.69 Å². The summed E-state index contributed by atoms with van der Waals surface area (Å²) in [5.41, 5.74) is 9.13. The lowest BCUT2D eigenvalue weighted by Crippen LogP contribution is -2.01. The van der Waals surface area contributed by atoms with Gasteiger partial charge in [-0.25, -0.2) is 4.68 Å². The van der Waals surface area contributed by atoms with Crippen LogP contribution < -0.4 is 5.73 Å². The van der Waals surface area contributed by atoms with Crippen molar-refractivity contribution in [2.24, 2.45) is 0 Å². The highest BCUT2D eigenvalue weighted by atomic mass is 35.5. The number of fused-ring (bicyclic) bond motifs is 1. The van der Waals surface area contributed by atoms with E-state index >= 15 is 0 Å². The maximum atomic E-state index is 6.00. The summed E-state index contributed by atoms with van der Waals surface area (Å²) < 4.78 is 1.86. The number of aromatic nitrogens is 2. The Balaban J connectivity index is 2.18. The minimum absolute atomic E-state index is 0.605. The number of halogens is 2. The Morgan fingerprint density at radius 3 is 2.53 bits per heavy atom. The molecule has 5 heteroatoms. The third-order valence-corrected chi connectivity index (χ3v) is 3.49. The Hall–Kier alpha value is -1.19. The highest BCUT2D eigenvalue weighted by Gasteiger charge is 2.21. The van der Waals surface area contributed by atoms with Crippen LogP contribution in [-0.2, 0) is 12.8 Å². The molecule has 0 saturated heterocycles. The molecule has 17 heavy (non-hydrogen) atoms. The molecule has 0 spiro atoms. The fourth-order valence-corrected chi connectivity index (χ4v) is 2.86. The van der Waals surface area contributed by atoms with Crippen LogP contribution in [0.4, 0.5) is 5.82 Å². The molecule has 1 heterocycles. The topological polar surface area (TPSA) is 43.8 Å². The first-order chi connectivity index (χ1) is 8.15. The number of benzene rings is 1. The van der Waals surface area contributed by atoms with Crippen molar-refractivity contribution >= 4 is 29.0 Å². The SMILES string of the molecule is Nc1nn(-c2cc(Cl)cc(Cl)c2)c2c1CCC2. The zero-order valence-corrected chi connectivity index (χ0v) is 10.6. The molecule has 1 aliphatic carbocycles. The van der Waals surface area contributed by atoms with E-state index in [9.17, 15) is 0 Å². The van der Waals surface area contributed by atoms with Gasteiger partial charge in [0.25, 0.3) is 0 Å². The highest BCUT2D eigenvalue weighted by molar-refractivity contribution is 6.34. The molecule has 2 N–H and O–H groups in total. The van der Waals surface area contributed by atoms with Gasteiger partial charge in [-0.15, -0.1) is 0 Å². The van der Waals surface area contributed by atoms with Crippen LogP contribution in [0.25, 0.3) is 5.69 Å². The van der Waals surface area contributed by atoms with E-state index in [2.05, 4.69) is 5.10 Å². The van der Waals surface area contributed by atoms with Gasteiger partial charge in [-0.2, -0.15) is 5.10 Å². The lowest BCUT2D eigenvalue weighted by Gasteiger charge is -2.06. The molecular formula is C12H11Cl2N3. The standard InChI is InChI=1S/C12H11Cl2N3/c13-7-4-8(14)6-9(5-7)17-11-3-1-2-10(11)12(15)16-17/h4-6H,1-3H2,(H2,15,16). The second-order valence-corrected chi connectivity index (χ2v) is 5.08. The fourth-order valence-electron chi connectivity index (χ4n) is 2.34. The molecule has 3 rings (SSSR count). The van der Waals surface area contributed by atoms with E-state index in [0.717, 1.165) is 24.9 Å². The van der Waals surface area contributed by atoms with E-state index in [4.69, 9.17) is 28.9 Å². The van der Waals surface area contributed by atoms with Crippen molar-refractivity contribution in [3.05, 3.63) is 39.5 Å². The number of rotatable bonds is 1. The quantitative estimate of drug-likeness (QED) is 0.862. The van der Waals surface area contributed by atoms with Gasteiger partial charge in [0.1, 0.15) is 5.82 Å². The Bertz CT molecular complexity index is 569. The van der Waals surface area contributed by atoms with Crippen molar-refractivity contribution in [2.75, 3.05) is 5.73 Å². The molecule has 0 unspecified atom stereocenters. The molecule has 0 aliphatic heterocycles. The molecule has 0 bridgehead atoms. The number of nitrogens with two attached hydrogens (primary N) is 1. The molecule has 88 valence electrons. The minimum atomic E-state index is 0.605. The summed E-state index contributed by atoms with van der Waals surface area (Å²) in [4.78, 5) is 0. The zero-order chi connectivity index (χ0) is 12.0. The van der Waals surface area contributed by atoms with Gasteiger partial charge in [-0.1, -0.05) is 23.2 Å². The van der Waals surface area contributed by atoms with Gasteiger partial charge < -0.3 is 5.73 Å². The van der Waals surface area contributed by atoms with E-state index in [-0.39, 0.29) is 0 Å². The molecule has 1 aromatic heterocycles. The smallest absolute Gasteiger partial charge is 0.149 e. The summed E-state index contributed by atoms with van der Waals surface area (Å²) in [6.45, 7) is 0. The lowest BCUT2D eigenvalue weighted by molar-refractivity contribution is 0.788. The van der Waals surface area contributed by atoms with E-state index in [1.165, 1.54) is 11.3 Å². The van der Waals surface area contributed by atoms with Crippen LogP contribution in [0.5, 0.6) is 0 Å². The molecule has 0 atom stereocenters. The van der Waals surface area contributed by atoms with E-state index in [1.807, 2.05) is 16.8 Å². The van der Waals surface area contributed by atoms with Crippen molar-refractivity contribution in [1.29, 1.82) is 0 Å². The van der Waals surface area contributed by atoms with Crippen LogP contribution in [0.2, 0.25) is 10.0 Å². The van der Waals surface area contributed by atoms with Crippen LogP contribution >= 0.6 is 23.2 Å². The van der Waals surface area contributed by atoms with Crippen LogP contribution in [-0.4, -0.2) is 9.78 Å². The highest BCUT2D eigenvalue weighted by Crippen LogP contribution is 2.30. The van der Waals surface area contributed by atoms with Gasteiger partial charge in [-0.05, 0) is 37.5 Å². The first-order valence-corrected chi connectivity index (χ1v) is 6.23. The molecule has 1 aromatic carbocycles. The number of hydrogen-bond acceptors (Lipinski definition) is 2. The largest absolute Gasteiger partial charge is 0.382 e. The molecule has 1 aliphatic rings. The van der Waals surface area contributed by atoms with Crippen LogP contribution in [0.3, 0.4) is 0 Å². The summed E-state index contributed by atoms with van der Waals surface area (Å²) in [5.74, 6) is 0.619. The number of nitrogen functional groups attached to an aromatic ring is 1. The summed E-state index contributed by atoms with van der Waals surface area (Å²) >= 11 is 12.0. The first-order valence-electron chi connectivity index (χ1n) is 5.48. The second-order valence-electron chi connectivity index (χ2n) is 4.20. The summed E-state index contributed by atoms with van der Waals surface area (Å²) in [6, 6.07) is 5.40. The van der Waals surface area contributed by atoms with Crippen molar-refractivity contribution in [3.63, 3.8) is 0 Å². The summed E-state index contributed by atoms with van der Waals surface area (Å²) in [5, 5.41) is 5.57. The molecule has 3 nitrogen and oxygen atoms in total. The number of hydrogen-bond donors (Lipinski definition) is 1. The molecule has 0 saturated carbocycles. The number of nitrogens with zero attached hydrogens (tertiary/aromatic N) is 2. The van der Waals surface area contributed by atoms with Gasteiger partial charge in [0.05, 0.1) is 5.69 Å². The second kappa shape index (κ2) is 3.93. The maximum absolute atomic E-state index is 6.00. The average molecular weight is 268 g/mol. The lowest BCUT2D eigenvalue weighted by atomic mass is 10.2. The molecule has 2 aromatic rings.